The Kier molecular flexibility index (Phi) is 3.59. The van der Waals surface area contributed by atoms with Gasteiger partial charge in [-0.25, -0.2) is 0 Å². The van der Waals surface area contributed by atoms with Gasteiger partial charge in [0.2, 0.25) is 5.91 Å². The first-order valence-corrected chi connectivity index (χ1v) is 5.93. The molecule has 2 aliphatic heterocycles. The van der Waals surface area contributed by atoms with E-state index in [1.165, 1.54) is 0 Å². The van der Waals surface area contributed by atoms with Gasteiger partial charge in [0.25, 0.3) is 0 Å². The molecule has 0 aromatic carbocycles. The molecule has 1 amide bonds. The molecule has 3 atom stereocenters. The van der Waals surface area contributed by atoms with Gasteiger partial charge in [0.05, 0.1) is 18.2 Å². The van der Waals surface area contributed by atoms with E-state index in [-0.39, 0.29) is 24.1 Å². The van der Waals surface area contributed by atoms with Gasteiger partial charge in [0, 0.05) is 6.61 Å². The summed E-state index contributed by atoms with van der Waals surface area (Å²) in [6.45, 7) is 3.84. The number of hydrogen-bond donors (Lipinski definition) is 2. The number of carbonyl (C=O) groups is 1. The van der Waals surface area contributed by atoms with Crippen molar-refractivity contribution in [2.24, 2.45) is 0 Å². The van der Waals surface area contributed by atoms with Crippen molar-refractivity contribution < 1.29 is 9.53 Å². The molecule has 2 rings (SSSR count). The number of nitrogens with one attached hydrogen (secondary N) is 2. The van der Waals surface area contributed by atoms with Crippen molar-refractivity contribution >= 4 is 5.91 Å². The van der Waals surface area contributed by atoms with Crippen LogP contribution in [-0.2, 0) is 9.53 Å². The van der Waals surface area contributed by atoms with E-state index in [2.05, 4.69) is 10.6 Å². The quantitative estimate of drug-likeness (QED) is 0.713. The number of rotatable bonds is 3. The molecule has 4 heteroatoms. The second-order valence-corrected chi connectivity index (χ2v) is 4.50. The van der Waals surface area contributed by atoms with Crippen LogP contribution in [0.2, 0.25) is 0 Å². The summed E-state index contributed by atoms with van der Waals surface area (Å²) >= 11 is 0. The molecule has 2 unspecified atom stereocenters. The van der Waals surface area contributed by atoms with E-state index in [0.717, 1.165) is 38.8 Å². The van der Waals surface area contributed by atoms with Crippen LogP contribution in [0.5, 0.6) is 0 Å². The Balaban J connectivity index is 1.77. The summed E-state index contributed by atoms with van der Waals surface area (Å²) in [7, 11) is 0. The van der Waals surface area contributed by atoms with Crippen LogP contribution in [0.25, 0.3) is 0 Å². The molecule has 0 saturated carbocycles. The first kappa shape index (κ1) is 10.9. The monoisotopic (exact) mass is 212 g/mol. The second kappa shape index (κ2) is 4.94. The van der Waals surface area contributed by atoms with Crippen LogP contribution in [0.4, 0.5) is 0 Å². The minimum atomic E-state index is 0.0221. The van der Waals surface area contributed by atoms with Gasteiger partial charge >= 0.3 is 0 Å². The molecule has 0 spiro atoms. The maximum Gasteiger partial charge on any atom is 0.237 e. The number of hydrogen-bond acceptors (Lipinski definition) is 3. The molecule has 2 fully saturated rings. The van der Waals surface area contributed by atoms with Crippen LogP contribution >= 0.6 is 0 Å². The van der Waals surface area contributed by atoms with Gasteiger partial charge in [-0.2, -0.15) is 0 Å². The molecule has 2 aliphatic rings. The Morgan fingerprint density at radius 3 is 2.93 bits per heavy atom. The Bertz CT molecular complexity index is 221. The fourth-order valence-corrected chi connectivity index (χ4v) is 2.32. The molecular weight excluding hydrogens is 192 g/mol. The molecule has 86 valence electrons. The van der Waals surface area contributed by atoms with Crippen molar-refractivity contribution in [1.82, 2.24) is 10.6 Å². The van der Waals surface area contributed by atoms with Crippen LogP contribution in [0, 0.1) is 0 Å². The van der Waals surface area contributed by atoms with E-state index < -0.39 is 0 Å². The molecule has 4 nitrogen and oxygen atoms in total. The van der Waals surface area contributed by atoms with Gasteiger partial charge in [0.15, 0.2) is 0 Å². The third-order valence-corrected chi connectivity index (χ3v) is 3.27. The molecule has 0 radical (unpaired) electrons. The first-order valence-electron chi connectivity index (χ1n) is 5.93. The Morgan fingerprint density at radius 2 is 2.33 bits per heavy atom. The fourth-order valence-electron chi connectivity index (χ4n) is 2.32. The molecule has 0 aromatic rings. The zero-order chi connectivity index (χ0) is 10.7. The number of amides is 1. The normalized spacial score (nSPS) is 32.9. The lowest BCUT2D eigenvalue weighted by molar-refractivity contribution is -0.124. The smallest absolute Gasteiger partial charge is 0.237 e. The Morgan fingerprint density at radius 1 is 1.47 bits per heavy atom. The third-order valence-electron chi connectivity index (χ3n) is 3.27. The highest BCUT2D eigenvalue weighted by atomic mass is 16.5. The molecule has 2 saturated heterocycles. The maximum absolute atomic E-state index is 11.8. The average Bonchev–Trinajstić information content (AvgIpc) is 2.91. The average molecular weight is 212 g/mol. The first-order chi connectivity index (χ1) is 7.27. The second-order valence-electron chi connectivity index (χ2n) is 4.50. The maximum atomic E-state index is 11.8. The van der Waals surface area contributed by atoms with Crippen LogP contribution in [0.3, 0.4) is 0 Å². The fraction of sp³-hybridized carbons (Fsp3) is 0.909. The van der Waals surface area contributed by atoms with E-state index in [4.69, 9.17) is 4.74 Å². The molecule has 15 heavy (non-hydrogen) atoms. The lowest BCUT2D eigenvalue weighted by atomic mass is 10.1. The highest BCUT2D eigenvalue weighted by Gasteiger charge is 2.27. The minimum absolute atomic E-state index is 0.0221. The number of carbonyl (C=O) groups excluding carboxylic acids is 1. The van der Waals surface area contributed by atoms with E-state index in [1.807, 2.05) is 6.92 Å². The van der Waals surface area contributed by atoms with E-state index in [9.17, 15) is 4.79 Å². The zero-order valence-corrected chi connectivity index (χ0v) is 9.29. The highest BCUT2D eigenvalue weighted by Crippen LogP contribution is 2.15. The summed E-state index contributed by atoms with van der Waals surface area (Å²) in [5.74, 6) is 0.135. The van der Waals surface area contributed by atoms with Crippen molar-refractivity contribution in [1.29, 1.82) is 0 Å². The predicted molar refractivity (Wildman–Crippen MR) is 57.6 cm³/mol. The topological polar surface area (TPSA) is 50.4 Å². The predicted octanol–water partition coefficient (Wildman–Crippen LogP) is 0.422. The summed E-state index contributed by atoms with van der Waals surface area (Å²) in [6, 6.07) is 0.163. The summed E-state index contributed by atoms with van der Waals surface area (Å²) in [5.41, 5.74) is 0. The van der Waals surface area contributed by atoms with Gasteiger partial charge < -0.3 is 15.4 Å². The highest BCUT2D eigenvalue weighted by molar-refractivity contribution is 5.82. The number of ether oxygens (including phenoxy) is 1. The van der Waals surface area contributed by atoms with Crippen molar-refractivity contribution in [3.8, 4) is 0 Å². The van der Waals surface area contributed by atoms with Crippen LogP contribution < -0.4 is 10.6 Å². The third kappa shape index (κ3) is 2.69. The SMILES string of the molecule is CC(NC(=O)[C@@H]1CCCN1)C1CCCO1. The van der Waals surface area contributed by atoms with Gasteiger partial charge in [-0.3, -0.25) is 4.79 Å². The van der Waals surface area contributed by atoms with Crippen molar-refractivity contribution in [2.75, 3.05) is 13.2 Å². The minimum Gasteiger partial charge on any atom is -0.376 e. The van der Waals surface area contributed by atoms with Crippen molar-refractivity contribution in [3.63, 3.8) is 0 Å². The summed E-state index contributed by atoms with van der Waals surface area (Å²) in [5, 5.41) is 6.24. The molecular formula is C11H20N2O2. The lowest BCUT2D eigenvalue weighted by Gasteiger charge is -2.21. The van der Waals surface area contributed by atoms with E-state index >= 15 is 0 Å². The Hall–Kier alpha value is -0.610. The summed E-state index contributed by atoms with van der Waals surface area (Å²) in [6.07, 6.45) is 4.47. The molecule has 2 heterocycles. The largest absolute Gasteiger partial charge is 0.376 e. The lowest BCUT2D eigenvalue weighted by Crippen LogP contribution is -2.48. The summed E-state index contributed by atoms with van der Waals surface area (Å²) in [4.78, 5) is 11.8. The molecule has 0 aliphatic carbocycles. The van der Waals surface area contributed by atoms with E-state index in [1.54, 1.807) is 0 Å². The van der Waals surface area contributed by atoms with Crippen LogP contribution in [0.15, 0.2) is 0 Å². The van der Waals surface area contributed by atoms with Gasteiger partial charge in [-0.05, 0) is 39.2 Å². The van der Waals surface area contributed by atoms with Crippen molar-refractivity contribution in [3.05, 3.63) is 0 Å². The zero-order valence-electron chi connectivity index (χ0n) is 9.29. The van der Waals surface area contributed by atoms with Gasteiger partial charge in [-0.1, -0.05) is 0 Å². The standard InChI is InChI=1S/C11H20N2O2/c1-8(10-5-3-7-15-10)13-11(14)9-4-2-6-12-9/h8-10,12H,2-7H2,1H3,(H,13,14)/t8?,9-,10?/m0/s1. The Labute approximate surface area is 90.8 Å². The summed E-state index contributed by atoms with van der Waals surface area (Å²) < 4.78 is 5.54. The van der Waals surface area contributed by atoms with Gasteiger partial charge in [0.1, 0.15) is 0 Å². The molecule has 0 bridgehead atoms. The van der Waals surface area contributed by atoms with Crippen LogP contribution in [0.1, 0.15) is 32.6 Å². The molecule has 0 aromatic heterocycles. The molecule has 2 N–H and O–H groups in total. The van der Waals surface area contributed by atoms with Crippen LogP contribution in [-0.4, -0.2) is 37.2 Å². The van der Waals surface area contributed by atoms with E-state index in [0.29, 0.717) is 0 Å². The van der Waals surface area contributed by atoms with Crippen molar-refractivity contribution in [2.45, 2.75) is 50.8 Å². The van der Waals surface area contributed by atoms with Gasteiger partial charge in [-0.15, -0.1) is 0 Å².